The maximum absolute atomic E-state index is 5.83. The van der Waals surface area contributed by atoms with Gasteiger partial charge in [-0.05, 0) is 24.3 Å². The van der Waals surface area contributed by atoms with Crippen LogP contribution in [0.4, 0.5) is 5.82 Å². The van der Waals surface area contributed by atoms with Gasteiger partial charge in [0, 0.05) is 24.8 Å². The number of aromatic nitrogens is 2. The van der Waals surface area contributed by atoms with Crippen molar-refractivity contribution >= 4 is 5.82 Å². The Kier molecular flexibility index (Phi) is 3.33. The highest BCUT2D eigenvalue weighted by molar-refractivity contribution is 5.41. The molecule has 2 rings (SSSR count). The van der Waals surface area contributed by atoms with Gasteiger partial charge in [0.2, 0.25) is 0 Å². The first-order chi connectivity index (χ1) is 8.04. The van der Waals surface area contributed by atoms with E-state index in [9.17, 15) is 0 Å². The SMILES string of the molecule is CC(C)c1cc(N2CCC(C)(CN)C2)ncn1. The normalized spacial score (nSPS) is 24.6. The minimum absolute atomic E-state index is 0.239. The minimum atomic E-state index is 0.239. The van der Waals surface area contributed by atoms with Crippen LogP contribution in [-0.2, 0) is 0 Å². The average Bonchev–Trinajstić information content (AvgIpc) is 2.73. The highest BCUT2D eigenvalue weighted by atomic mass is 15.2. The molecular formula is C13H22N4. The van der Waals surface area contributed by atoms with Gasteiger partial charge in [-0.1, -0.05) is 20.8 Å². The number of hydrogen-bond donors (Lipinski definition) is 1. The molecule has 0 spiro atoms. The van der Waals surface area contributed by atoms with E-state index in [0.717, 1.165) is 37.6 Å². The Morgan fingerprint density at radius 3 is 2.82 bits per heavy atom. The fraction of sp³-hybridized carbons (Fsp3) is 0.692. The molecule has 94 valence electrons. The van der Waals surface area contributed by atoms with Crippen molar-refractivity contribution < 1.29 is 0 Å². The fourth-order valence-electron chi connectivity index (χ4n) is 2.24. The summed E-state index contributed by atoms with van der Waals surface area (Å²) < 4.78 is 0. The molecule has 1 unspecified atom stereocenters. The molecule has 4 nitrogen and oxygen atoms in total. The molecule has 0 aromatic carbocycles. The number of nitrogens with two attached hydrogens (primary N) is 1. The third kappa shape index (κ3) is 2.57. The molecule has 1 atom stereocenters. The quantitative estimate of drug-likeness (QED) is 0.866. The van der Waals surface area contributed by atoms with Crippen LogP contribution in [0.25, 0.3) is 0 Å². The Morgan fingerprint density at radius 2 is 2.24 bits per heavy atom. The van der Waals surface area contributed by atoms with Gasteiger partial charge in [0.15, 0.2) is 0 Å². The highest BCUT2D eigenvalue weighted by Gasteiger charge is 2.33. The summed E-state index contributed by atoms with van der Waals surface area (Å²) in [5.41, 5.74) is 7.17. The van der Waals surface area contributed by atoms with Crippen molar-refractivity contribution in [3.63, 3.8) is 0 Å². The molecule has 0 bridgehead atoms. The molecule has 17 heavy (non-hydrogen) atoms. The van der Waals surface area contributed by atoms with E-state index in [2.05, 4.69) is 41.7 Å². The van der Waals surface area contributed by atoms with Crippen LogP contribution in [0.2, 0.25) is 0 Å². The highest BCUT2D eigenvalue weighted by Crippen LogP contribution is 2.31. The van der Waals surface area contributed by atoms with Crippen molar-refractivity contribution in [1.82, 2.24) is 9.97 Å². The molecule has 1 aromatic rings. The summed E-state index contributed by atoms with van der Waals surface area (Å²) in [5, 5.41) is 0. The van der Waals surface area contributed by atoms with Crippen molar-refractivity contribution in [3.8, 4) is 0 Å². The second-order valence-electron chi connectivity index (χ2n) is 5.64. The van der Waals surface area contributed by atoms with Gasteiger partial charge < -0.3 is 10.6 Å². The van der Waals surface area contributed by atoms with Crippen LogP contribution in [0, 0.1) is 5.41 Å². The predicted molar refractivity (Wildman–Crippen MR) is 70.1 cm³/mol. The minimum Gasteiger partial charge on any atom is -0.356 e. The summed E-state index contributed by atoms with van der Waals surface area (Å²) in [6.07, 6.45) is 2.81. The monoisotopic (exact) mass is 234 g/mol. The third-order valence-electron chi connectivity index (χ3n) is 3.64. The summed E-state index contributed by atoms with van der Waals surface area (Å²) >= 11 is 0. The van der Waals surface area contributed by atoms with Crippen LogP contribution in [0.15, 0.2) is 12.4 Å². The third-order valence-corrected chi connectivity index (χ3v) is 3.64. The maximum Gasteiger partial charge on any atom is 0.132 e. The molecule has 0 amide bonds. The first kappa shape index (κ1) is 12.3. The lowest BCUT2D eigenvalue weighted by molar-refractivity contribution is 0.383. The van der Waals surface area contributed by atoms with E-state index >= 15 is 0 Å². The molecule has 0 radical (unpaired) electrons. The van der Waals surface area contributed by atoms with Gasteiger partial charge in [0.05, 0.1) is 0 Å². The Bertz CT molecular complexity index is 391. The van der Waals surface area contributed by atoms with E-state index in [4.69, 9.17) is 5.73 Å². The van der Waals surface area contributed by atoms with Crippen molar-refractivity contribution in [2.45, 2.75) is 33.1 Å². The molecule has 1 aliphatic rings. The number of nitrogens with zero attached hydrogens (tertiary/aromatic N) is 3. The van der Waals surface area contributed by atoms with Crippen LogP contribution >= 0.6 is 0 Å². The largest absolute Gasteiger partial charge is 0.356 e. The molecule has 1 saturated heterocycles. The van der Waals surface area contributed by atoms with Gasteiger partial charge in [0.25, 0.3) is 0 Å². The summed E-state index contributed by atoms with van der Waals surface area (Å²) in [4.78, 5) is 11.0. The van der Waals surface area contributed by atoms with E-state index in [0.29, 0.717) is 5.92 Å². The zero-order chi connectivity index (χ0) is 12.5. The fourth-order valence-corrected chi connectivity index (χ4v) is 2.24. The number of hydrogen-bond acceptors (Lipinski definition) is 4. The Balaban J connectivity index is 2.16. The molecule has 2 heterocycles. The molecule has 4 heteroatoms. The van der Waals surface area contributed by atoms with E-state index in [1.165, 1.54) is 0 Å². The zero-order valence-corrected chi connectivity index (χ0v) is 11.0. The van der Waals surface area contributed by atoms with Gasteiger partial charge in [0.1, 0.15) is 12.1 Å². The second-order valence-corrected chi connectivity index (χ2v) is 5.64. The van der Waals surface area contributed by atoms with E-state index in [1.54, 1.807) is 6.33 Å². The van der Waals surface area contributed by atoms with E-state index in [-0.39, 0.29) is 5.41 Å². The molecule has 1 aliphatic heterocycles. The van der Waals surface area contributed by atoms with E-state index in [1.807, 2.05) is 0 Å². The van der Waals surface area contributed by atoms with Gasteiger partial charge in [-0.25, -0.2) is 9.97 Å². The molecular weight excluding hydrogens is 212 g/mol. The van der Waals surface area contributed by atoms with Gasteiger partial charge in [-0.15, -0.1) is 0 Å². The molecule has 1 fully saturated rings. The zero-order valence-electron chi connectivity index (χ0n) is 11.0. The van der Waals surface area contributed by atoms with Crippen molar-refractivity contribution in [3.05, 3.63) is 18.1 Å². The lowest BCUT2D eigenvalue weighted by Crippen LogP contribution is -2.31. The van der Waals surface area contributed by atoms with E-state index < -0.39 is 0 Å². The maximum atomic E-state index is 5.83. The standard InChI is InChI=1S/C13H22N4/c1-10(2)11-6-12(16-9-15-11)17-5-4-13(3,7-14)8-17/h6,9-10H,4-5,7-8,14H2,1-3H3. The molecule has 1 aromatic heterocycles. The van der Waals surface area contributed by atoms with Crippen LogP contribution in [0.1, 0.15) is 38.8 Å². The van der Waals surface area contributed by atoms with Crippen LogP contribution < -0.4 is 10.6 Å². The Morgan fingerprint density at radius 1 is 1.47 bits per heavy atom. The first-order valence-corrected chi connectivity index (χ1v) is 6.31. The van der Waals surface area contributed by atoms with Crippen LogP contribution in [0.3, 0.4) is 0 Å². The van der Waals surface area contributed by atoms with Gasteiger partial charge in [-0.3, -0.25) is 0 Å². The average molecular weight is 234 g/mol. The molecule has 0 aliphatic carbocycles. The first-order valence-electron chi connectivity index (χ1n) is 6.31. The van der Waals surface area contributed by atoms with Crippen molar-refractivity contribution in [2.75, 3.05) is 24.5 Å². The predicted octanol–water partition coefficient (Wildman–Crippen LogP) is 1.78. The van der Waals surface area contributed by atoms with Crippen molar-refractivity contribution in [2.24, 2.45) is 11.1 Å². The summed E-state index contributed by atoms with van der Waals surface area (Å²) in [6, 6.07) is 2.10. The van der Waals surface area contributed by atoms with Crippen molar-refractivity contribution in [1.29, 1.82) is 0 Å². The lowest BCUT2D eigenvalue weighted by Gasteiger charge is -2.23. The smallest absolute Gasteiger partial charge is 0.132 e. The van der Waals surface area contributed by atoms with Crippen LogP contribution in [-0.4, -0.2) is 29.6 Å². The van der Waals surface area contributed by atoms with Crippen LogP contribution in [0.5, 0.6) is 0 Å². The lowest BCUT2D eigenvalue weighted by atomic mass is 9.90. The molecule has 2 N–H and O–H groups in total. The van der Waals surface area contributed by atoms with Gasteiger partial charge in [-0.2, -0.15) is 0 Å². The Labute approximate surface area is 103 Å². The second kappa shape index (κ2) is 4.61. The molecule has 0 saturated carbocycles. The number of anilines is 1. The Hall–Kier alpha value is -1.16. The summed E-state index contributed by atoms with van der Waals surface area (Å²) in [5.74, 6) is 1.49. The summed E-state index contributed by atoms with van der Waals surface area (Å²) in [7, 11) is 0. The summed E-state index contributed by atoms with van der Waals surface area (Å²) in [6.45, 7) is 9.34. The van der Waals surface area contributed by atoms with Gasteiger partial charge >= 0.3 is 0 Å². The topological polar surface area (TPSA) is 55.0 Å². The number of rotatable bonds is 3.